The quantitative estimate of drug-likeness (QED) is 0.735. The number of rotatable bonds is 2. The van der Waals surface area contributed by atoms with E-state index in [1.54, 1.807) is 4.90 Å². The molecule has 0 fully saturated rings. The zero-order valence-electron chi connectivity index (χ0n) is 13.1. The number of carbonyl (C=O) groups is 1. The number of nitrogens with one attached hydrogen (secondary N) is 2. The molecule has 0 bridgehead atoms. The van der Waals surface area contributed by atoms with Crippen molar-refractivity contribution in [3.63, 3.8) is 0 Å². The van der Waals surface area contributed by atoms with E-state index in [0.29, 0.717) is 30.0 Å². The molecule has 0 saturated heterocycles. The number of nitrogens with zero attached hydrogens (tertiary/aromatic N) is 3. The molecule has 1 aliphatic rings. The second kappa shape index (κ2) is 6.18. The fraction of sp³-hybridized carbons (Fsp3) is 0.176. The van der Waals surface area contributed by atoms with Crippen LogP contribution in [0.2, 0.25) is 5.02 Å². The Hall–Kier alpha value is -2.93. The first-order valence-electron chi connectivity index (χ1n) is 7.79. The van der Waals surface area contributed by atoms with Crippen molar-refractivity contribution in [2.24, 2.45) is 0 Å². The molecular weight excluding hydrogens is 342 g/mol. The first-order chi connectivity index (χ1) is 12.1. The molecule has 1 aromatic carbocycles. The molecule has 4 rings (SSSR count). The highest BCUT2D eigenvalue weighted by Gasteiger charge is 2.27. The van der Waals surface area contributed by atoms with Gasteiger partial charge in [0, 0.05) is 17.7 Å². The molecule has 0 aliphatic carbocycles. The van der Waals surface area contributed by atoms with Gasteiger partial charge in [0.25, 0.3) is 11.5 Å². The minimum atomic E-state index is -0.253. The number of benzene rings is 1. The van der Waals surface area contributed by atoms with Crippen molar-refractivity contribution >= 4 is 17.5 Å². The molecule has 8 heteroatoms. The number of carbonyl (C=O) groups excluding carboxylic acids is 1. The van der Waals surface area contributed by atoms with Gasteiger partial charge in [-0.25, -0.2) is 4.98 Å². The van der Waals surface area contributed by atoms with Crippen LogP contribution in [0.4, 0.5) is 0 Å². The Morgan fingerprint density at radius 2 is 2.04 bits per heavy atom. The van der Waals surface area contributed by atoms with Crippen LogP contribution in [-0.4, -0.2) is 37.5 Å². The lowest BCUT2D eigenvalue weighted by Gasteiger charge is -2.27. The third-order valence-corrected chi connectivity index (χ3v) is 4.50. The highest BCUT2D eigenvalue weighted by molar-refractivity contribution is 6.33. The minimum absolute atomic E-state index is 0.157. The van der Waals surface area contributed by atoms with Gasteiger partial charge in [-0.3, -0.25) is 14.7 Å². The fourth-order valence-corrected chi connectivity index (χ4v) is 3.10. The molecule has 0 saturated carbocycles. The predicted octanol–water partition coefficient (Wildman–Crippen LogP) is 2.01. The molecule has 0 spiro atoms. The largest absolute Gasteiger partial charge is 0.331 e. The summed E-state index contributed by atoms with van der Waals surface area (Å²) in [5, 5.41) is 6.67. The van der Waals surface area contributed by atoms with Crippen molar-refractivity contribution in [2.75, 3.05) is 6.54 Å². The van der Waals surface area contributed by atoms with Gasteiger partial charge in [-0.05, 0) is 6.42 Å². The number of H-pyrrole nitrogens is 2. The molecule has 3 aromatic rings. The van der Waals surface area contributed by atoms with Crippen molar-refractivity contribution < 1.29 is 4.79 Å². The molecule has 0 atom stereocenters. The van der Waals surface area contributed by atoms with E-state index in [9.17, 15) is 9.59 Å². The smallest absolute Gasteiger partial charge is 0.273 e. The molecule has 2 aromatic heterocycles. The number of hydrogen-bond donors (Lipinski definition) is 2. The van der Waals surface area contributed by atoms with Crippen molar-refractivity contribution in [1.29, 1.82) is 0 Å². The maximum atomic E-state index is 12.6. The van der Waals surface area contributed by atoms with Crippen LogP contribution in [0.5, 0.6) is 0 Å². The van der Waals surface area contributed by atoms with Gasteiger partial charge in [0.15, 0.2) is 0 Å². The summed E-state index contributed by atoms with van der Waals surface area (Å²) in [6.07, 6.45) is 1.84. The molecule has 7 nitrogen and oxygen atoms in total. The van der Waals surface area contributed by atoms with E-state index in [-0.39, 0.29) is 28.7 Å². The van der Waals surface area contributed by atoms with E-state index in [0.717, 1.165) is 5.56 Å². The van der Waals surface area contributed by atoms with Crippen LogP contribution in [0.25, 0.3) is 11.4 Å². The van der Waals surface area contributed by atoms with E-state index in [2.05, 4.69) is 20.2 Å². The van der Waals surface area contributed by atoms with Gasteiger partial charge in [0.2, 0.25) is 0 Å². The average Bonchev–Trinajstić information content (AvgIpc) is 3.07. The molecular formula is C17H14ClN5O2. The van der Waals surface area contributed by atoms with E-state index in [1.807, 2.05) is 30.3 Å². The molecule has 0 radical (unpaired) electrons. The van der Waals surface area contributed by atoms with Gasteiger partial charge >= 0.3 is 0 Å². The first kappa shape index (κ1) is 15.6. The number of aromatic nitrogens is 4. The predicted molar refractivity (Wildman–Crippen MR) is 92.3 cm³/mol. The third kappa shape index (κ3) is 2.83. The van der Waals surface area contributed by atoms with Crippen molar-refractivity contribution in [1.82, 2.24) is 25.1 Å². The van der Waals surface area contributed by atoms with Crippen molar-refractivity contribution in [3.8, 4) is 11.4 Å². The standard InChI is InChI=1S/C17H14ClN5O2/c18-12-8-19-22-14(12)17(25)23-7-6-11-13(9-23)20-15(21-16(11)24)10-4-2-1-3-5-10/h1-5,8H,6-7,9H2,(H,19,22)(H,20,21,24). The van der Waals surface area contributed by atoms with Crippen LogP contribution < -0.4 is 5.56 Å². The average molecular weight is 356 g/mol. The summed E-state index contributed by atoms with van der Waals surface area (Å²) in [6, 6.07) is 9.41. The van der Waals surface area contributed by atoms with Gasteiger partial charge in [-0.2, -0.15) is 5.10 Å². The highest BCUT2D eigenvalue weighted by Crippen LogP contribution is 2.21. The number of aromatic amines is 2. The van der Waals surface area contributed by atoms with Crippen LogP contribution in [0, 0.1) is 0 Å². The summed E-state index contributed by atoms with van der Waals surface area (Å²) in [7, 11) is 0. The molecule has 1 amide bonds. The second-order valence-electron chi connectivity index (χ2n) is 5.78. The SMILES string of the molecule is O=C(c1[nH]ncc1Cl)N1CCc2c(nc(-c3ccccc3)[nH]c2=O)C1. The lowest BCUT2D eigenvalue weighted by molar-refractivity contribution is 0.0725. The Morgan fingerprint density at radius 1 is 1.24 bits per heavy atom. The van der Waals surface area contributed by atoms with Gasteiger partial charge in [0.05, 0.1) is 23.5 Å². The lowest BCUT2D eigenvalue weighted by atomic mass is 10.1. The van der Waals surface area contributed by atoms with Crippen LogP contribution in [0.1, 0.15) is 21.7 Å². The molecule has 2 N–H and O–H groups in total. The number of hydrogen-bond acceptors (Lipinski definition) is 4. The van der Waals surface area contributed by atoms with Crippen LogP contribution in [0.3, 0.4) is 0 Å². The number of halogens is 1. The number of fused-ring (bicyclic) bond motifs is 1. The zero-order chi connectivity index (χ0) is 17.4. The van der Waals surface area contributed by atoms with Crippen molar-refractivity contribution in [3.05, 3.63) is 68.9 Å². The lowest BCUT2D eigenvalue weighted by Crippen LogP contribution is -2.39. The van der Waals surface area contributed by atoms with Crippen LogP contribution in [-0.2, 0) is 13.0 Å². The summed E-state index contributed by atoms with van der Waals surface area (Å²) < 4.78 is 0. The van der Waals surface area contributed by atoms with E-state index in [1.165, 1.54) is 6.20 Å². The molecule has 1 aliphatic heterocycles. The third-order valence-electron chi connectivity index (χ3n) is 4.21. The van der Waals surface area contributed by atoms with Gasteiger partial charge in [-0.15, -0.1) is 0 Å². The molecule has 25 heavy (non-hydrogen) atoms. The van der Waals surface area contributed by atoms with Crippen LogP contribution in [0.15, 0.2) is 41.3 Å². The molecule has 126 valence electrons. The Labute approximate surface area is 147 Å². The monoisotopic (exact) mass is 355 g/mol. The van der Waals surface area contributed by atoms with Gasteiger partial charge in [0.1, 0.15) is 11.5 Å². The first-order valence-corrected chi connectivity index (χ1v) is 8.17. The summed E-state index contributed by atoms with van der Waals surface area (Å²) in [5.74, 6) is 0.245. The Bertz CT molecular complexity index is 996. The van der Waals surface area contributed by atoms with E-state index < -0.39 is 0 Å². The summed E-state index contributed by atoms with van der Waals surface area (Å²) in [4.78, 5) is 34.0. The van der Waals surface area contributed by atoms with E-state index >= 15 is 0 Å². The van der Waals surface area contributed by atoms with Crippen LogP contribution >= 0.6 is 11.6 Å². The fourth-order valence-electron chi connectivity index (χ4n) is 2.93. The Kier molecular flexibility index (Phi) is 3.85. The topological polar surface area (TPSA) is 94.7 Å². The summed E-state index contributed by atoms with van der Waals surface area (Å²) in [5.41, 5.74) is 2.15. The maximum absolute atomic E-state index is 12.6. The summed E-state index contributed by atoms with van der Waals surface area (Å²) in [6.45, 7) is 0.684. The molecule has 3 heterocycles. The summed E-state index contributed by atoms with van der Waals surface area (Å²) >= 11 is 5.97. The Morgan fingerprint density at radius 3 is 2.76 bits per heavy atom. The Balaban J connectivity index is 1.68. The zero-order valence-corrected chi connectivity index (χ0v) is 13.9. The molecule has 0 unspecified atom stereocenters. The minimum Gasteiger partial charge on any atom is -0.331 e. The van der Waals surface area contributed by atoms with E-state index in [4.69, 9.17) is 11.6 Å². The highest BCUT2D eigenvalue weighted by atomic mass is 35.5. The maximum Gasteiger partial charge on any atom is 0.273 e. The second-order valence-corrected chi connectivity index (χ2v) is 6.18. The normalized spacial score (nSPS) is 13.6. The van der Waals surface area contributed by atoms with Gasteiger partial charge in [-0.1, -0.05) is 41.9 Å². The van der Waals surface area contributed by atoms with Gasteiger partial charge < -0.3 is 9.88 Å². The number of amides is 1. The van der Waals surface area contributed by atoms with Crippen molar-refractivity contribution in [2.45, 2.75) is 13.0 Å².